The van der Waals surface area contributed by atoms with Crippen molar-refractivity contribution in [3.05, 3.63) is 76.1 Å². The van der Waals surface area contributed by atoms with Crippen molar-refractivity contribution in [2.45, 2.75) is 19.6 Å². The summed E-state index contributed by atoms with van der Waals surface area (Å²) >= 11 is 0. The molecule has 7 heteroatoms. The molecule has 0 saturated carbocycles. The van der Waals surface area contributed by atoms with E-state index in [9.17, 15) is 14.0 Å². The standard InChI is InChI=1S/C21H20FN3O3/c1-14-23-18-8-7-16(22)11-17(18)21(27)25(14)13-20(26)24-9-10-28-19(12-24)15-5-3-2-4-6-15/h2-8,11,19H,9-10,12-13H2,1H3/t19-/m0/s1. The Kier molecular flexibility index (Phi) is 4.92. The molecule has 0 bridgehead atoms. The first-order chi connectivity index (χ1) is 13.5. The summed E-state index contributed by atoms with van der Waals surface area (Å²) in [5.74, 6) is -0.274. The summed E-state index contributed by atoms with van der Waals surface area (Å²) in [6.07, 6.45) is -0.194. The number of hydrogen-bond donors (Lipinski definition) is 0. The van der Waals surface area contributed by atoms with E-state index in [1.807, 2.05) is 30.3 Å². The number of morpholine rings is 1. The van der Waals surface area contributed by atoms with E-state index < -0.39 is 11.4 Å². The summed E-state index contributed by atoms with van der Waals surface area (Å²) < 4.78 is 20.6. The molecule has 0 aliphatic carbocycles. The zero-order valence-corrected chi connectivity index (χ0v) is 15.5. The van der Waals surface area contributed by atoms with E-state index >= 15 is 0 Å². The topological polar surface area (TPSA) is 64.4 Å². The van der Waals surface area contributed by atoms with Crippen molar-refractivity contribution >= 4 is 16.8 Å². The third-order valence-corrected chi connectivity index (χ3v) is 4.99. The summed E-state index contributed by atoms with van der Waals surface area (Å²) in [5.41, 5.74) is 1.02. The molecule has 1 amide bonds. The Morgan fingerprint density at radius 2 is 2.04 bits per heavy atom. The molecule has 4 rings (SSSR count). The number of halogens is 1. The molecule has 0 radical (unpaired) electrons. The molecule has 1 atom stereocenters. The molecule has 1 aliphatic heterocycles. The Hall–Kier alpha value is -3.06. The maximum atomic E-state index is 13.5. The van der Waals surface area contributed by atoms with E-state index in [-0.39, 0.29) is 23.9 Å². The Morgan fingerprint density at radius 1 is 1.25 bits per heavy atom. The molecule has 144 valence electrons. The van der Waals surface area contributed by atoms with Crippen LogP contribution in [-0.4, -0.2) is 40.1 Å². The molecule has 1 saturated heterocycles. The number of nitrogens with zero attached hydrogens (tertiary/aromatic N) is 3. The highest BCUT2D eigenvalue weighted by Gasteiger charge is 2.26. The van der Waals surface area contributed by atoms with Crippen molar-refractivity contribution in [3.63, 3.8) is 0 Å². The maximum Gasteiger partial charge on any atom is 0.261 e. The molecule has 2 heterocycles. The largest absolute Gasteiger partial charge is 0.370 e. The van der Waals surface area contributed by atoms with Gasteiger partial charge in [-0.2, -0.15) is 0 Å². The molecule has 1 aliphatic rings. The fourth-order valence-corrected chi connectivity index (χ4v) is 3.47. The zero-order chi connectivity index (χ0) is 19.7. The summed E-state index contributed by atoms with van der Waals surface area (Å²) in [4.78, 5) is 31.7. The van der Waals surface area contributed by atoms with Gasteiger partial charge >= 0.3 is 0 Å². The number of hydrogen-bond acceptors (Lipinski definition) is 4. The minimum Gasteiger partial charge on any atom is -0.370 e. The number of carbonyl (C=O) groups is 1. The van der Waals surface area contributed by atoms with Crippen molar-refractivity contribution in [3.8, 4) is 0 Å². The number of ether oxygens (including phenoxy) is 1. The molecule has 0 unspecified atom stereocenters. The van der Waals surface area contributed by atoms with E-state index in [4.69, 9.17) is 4.74 Å². The van der Waals surface area contributed by atoms with Crippen LogP contribution in [0.1, 0.15) is 17.5 Å². The van der Waals surface area contributed by atoms with Crippen LogP contribution in [0.15, 0.2) is 53.3 Å². The van der Waals surface area contributed by atoms with Crippen LogP contribution < -0.4 is 5.56 Å². The molecule has 3 aromatic rings. The van der Waals surface area contributed by atoms with Gasteiger partial charge in [-0.25, -0.2) is 9.37 Å². The molecule has 28 heavy (non-hydrogen) atoms. The van der Waals surface area contributed by atoms with Gasteiger partial charge in [-0.3, -0.25) is 14.2 Å². The Labute approximate surface area is 161 Å². The Balaban J connectivity index is 1.57. The van der Waals surface area contributed by atoms with Crippen molar-refractivity contribution < 1.29 is 13.9 Å². The number of fused-ring (bicyclic) bond motifs is 1. The van der Waals surface area contributed by atoms with Crippen molar-refractivity contribution in [2.75, 3.05) is 19.7 Å². The predicted molar refractivity (Wildman–Crippen MR) is 102 cm³/mol. The average Bonchev–Trinajstić information content (AvgIpc) is 2.72. The molecule has 2 aromatic carbocycles. The third kappa shape index (κ3) is 3.53. The van der Waals surface area contributed by atoms with Gasteiger partial charge < -0.3 is 9.64 Å². The average molecular weight is 381 g/mol. The number of carbonyl (C=O) groups excluding carboxylic acids is 1. The monoisotopic (exact) mass is 381 g/mol. The second kappa shape index (κ2) is 7.52. The highest BCUT2D eigenvalue weighted by atomic mass is 19.1. The number of amides is 1. The third-order valence-electron chi connectivity index (χ3n) is 4.99. The molecule has 1 aromatic heterocycles. The number of aromatic nitrogens is 2. The summed E-state index contributed by atoms with van der Waals surface area (Å²) in [6.45, 7) is 2.85. The molecule has 0 spiro atoms. The van der Waals surface area contributed by atoms with Gasteiger partial charge in [0.1, 0.15) is 24.3 Å². The van der Waals surface area contributed by atoms with Gasteiger partial charge in [0.15, 0.2) is 0 Å². The van der Waals surface area contributed by atoms with Crippen LogP contribution in [0.5, 0.6) is 0 Å². The SMILES string of the molecule is Cc1nc2ccc(F)cc2c(=O)n1CC(=O)N1CCO[C@H](c2ccccc2)C1. The first kappa shape index (κ1) is 18.3. The Bertz CT molecular complexity index is 1080. The number of benzene rings is 2. The van der Waals surface area contributed by atoms with Crippen molar-refractivity contribution in [2.24, 2.45) is 0 Å². The lowest BCUT2D eigenvalue weighted by atomic mass is 10.1. The second-order valence-corrected chi connectivity index (χ2v) is 6.82. The van der Waals surface area contributed by atoms with Crippen LogP contribution in [0.3, 0.4) is 0 Å². The smallest absolute Gasteiger partial charge is 0.261 e. The first-order valence-corrected chi connectivity index (χ1v) is 9.14. The zero-order valence-electron chi connectivity index (χ0n) is 15.5. The van der Waals surface area contributed by atoms with Crippen LogP contribution in [0.25, 0.3) is 10.9 Å². The molecule has 6 nitrogen and oxygen atoms in total. The highest BCUT2D eigenvalue weighted by Crippen LogP contribution is 2.22. The maximum absolute atomic E-state index is 13.5. The lowest BCUT2D eigenvalue weighted by molar-refractivity contribution is -0.139. The highest BCUT2D eigenvalue weighted by molar-refractivity contribution is 5.79. The van der Waals surface area contributed by atoms with E-state index in [0.29, 0.717) is 31.0 Å². The van der Waals surface area contributed by atoms with E-state index in [1.54, 1.807) is 11.8 Å². The number of aryl methyl sites for hydroxylation is 1. The van der Waals surface area contributed by atoms with E-state index in [1.165, 1.54) is 16.7 Å². The van der Waals surface area contributed by atoms with Gasteiger partial charge in [-0.05, 0) is 30.7 Å². The van der Waals surface area contributed by atoms with Gasteiger partial charge in [0.2, 0.25) is 5.91 Å². The van der Waals surface area contributed by atoms with E-state index in [0.717, 1.165) is 11.6 Å². The molecule has 1 fully saturated rings. The van der Waals surface area contributed by atoms with E-state index in [2.05, 4.69) is 4.98 Å². The molecular weight excluding hydrogens is 361 g/mol. The lowest BCUT2D eigenvalue weighted by Gasteiger charge is -2.33. The normalized spacial score (nSPS) is 17.1. The lowest BCUT2D eigenvalue weighted by Crippen LogP contribution is -2.45. The Morgan fingerprint density at radius 3 is 2.82 bits per heavy atom. The van der Waals surface area contributed by atoms with Gasteiger partial charge in [0.25, 0.3) is 5.56 Å². The predicted octanol–water partition coefficient (Wildman–Crippen LogP) is 2.44. The molecular formula is C21H20FN3O3. The van der Waals surface area contributed by atoms with Crippen LogP contribution in [-0.2, 0) is 16.1 Å². The summed E-state index contributed by atoms with van der Waals surface area (Å²) in [7, 11) is 0. The fourth-order valence-electron chi connectivity index (χ4n) is 3.47. The van der Waals surface area contributed by atoms with Crippen LogP contribution >= 0.6 is 0 Å². The first-order valence-electron chi connectivity index (χ1n) is 9.14. The van der Waals surface area contributed by atoms with Crippen LogP contribution in [0.2, 0.25) is 0 Å². The fraction of sp³-hybridized carbons (Fsp3) is 0.286. The quantitative estimate of drug-likeness (QED) is 0.699. The second-order valence-electron chi connectivity index (χ2n) is 6.82. The summed E-state index contributed by atoms with van der Waals surface area (Å²) in [5, 5.41) is 0.169. The van der Waals surface area contributed by atoms with Gasteiger partial charge in [0, 0.05) is 6.54 Å². The van der Waals surface area contributed by atoms with Crippen LogP contribution in [0, 0.1) is 12.7 Å². The van der Waals surface area contributed by atoms with Gasteiger partial charge in [-0.1, -0.05) is 30.3 Å². The minimum absolute atomic E-state index is 0.133. The van der Waals surface area contributed by atoms with Gasteiger partial charge in [-0.15, -0.1) is 0 Å². The van der Waals surface area contributed by atoms with Gasteiger partial charge in [0.05, 0.1) is 24.1 Å². The van der Waals surface area contributed by atoms with Crippen LogP contribution in [0.4, 0.5) is 4.39 Å². The summed E-state index contributed by atoms with van der Waals surface area (Å²) in [6, 6.07) is 13.6. The van der Waals surface area contributed by atoms with Crippen molar-refractivity contribution in [1.82, 2.24) is 14.5 Å². The number of rotatable bonds is 3. The minimum atomic E-state index is -0.507. The molecule has 0 N–H and O–H groups in total. The van der Waals surface area contributed by atoms with Crippen molar-refractivity contribution in [1.29, 1.82) is 0 Å².